The molecule has 0 rings (SSSR count). The van der Waals surface area contributed by atoms with Gasteiger partial charge in [0.2, 0.25) is 11.8 Å². The van der Waals surface area contributed by atoms with Gasteiger partial charge < -0.3 is 16.8 Å². The summed E-state index contributed by atoms with van der Waals surface area (Å²) in [7, 11) is 0. The van der Waals surface area contributed by atoms with Crippen LogP contribution < -0.4 is 16.8 Å². The van der Waals surface area contributed by atoms with Gasteiger partial charge in [-0.25, -0.2) is 0 Å². The molecule has 0 spiro atoms. The first kappa shape index (κ1) is 13.9. The monoisotopic (exact) mass is 215 g/mol. The fraction of sp³-hybridized carbons (Fsp3) is 0.800. The second-order valence-electron chi connectivity index (χ2n) is 3.98. The third kappa shape index (κ3) is 6.90. The molecule has 0 heterocycles. The van der Waals surface area contributed by atoms with Gasteiger partial charge in [-0.2, -0.15) is 0 Å². The molecule has 5 heteroatoms. The lowest BCUT2D eigenvalue weighted by Gasteiger charge is -2.14. The zero-order chi connectivity index (χ0) is 11.8. The van der Waals surface area contributed by atoms with Gasteiger partial charge in [0.05, 0.1) is 6.04 Å². The van der Waals surface area contributed by atoms with Gasteiger partial charge in [-0.05, 0) is 18.8 Å². The summed E-state index contributed by atoms with van der Waals surface area (Å²) < 4.78 is 0. The maximum atomic E-state index is 11.4. The molecule has 0 saturated heterocycles. The molecule has 0 aromatic carbocycles. The zero-order valence-electron chi connectivity index (χ0n) is 9.45. The molecular weight excluding hydrogens is 194 g/mol. The Morgan fingerprint density at radius 3 is 2.33 bits per heavy atom. The average Bonchev–Trinajstić information content (AvgIpc) is 2.15. The smallest absolute Gasteiger partial charge is 0.237 e. The van der Waals surface area contributed by atoms with E-state index in [0.717, 1.165) is 6.42 Å². The van der Waals surface area contributed by atoms with Gasteiger partial charge in [0.15, 0.2) is 0 Å². The number of hydrogen-bond acceptors (Lipinski definition) is 3. The van der Waals surface area contributed by atoms with Crippen LogP contribution in [0.4, 0.5) is 0 Å². The normalized spacial score (nSPS) is 12.5. The molecule has 0 aliphatic heterocycles. The summed E-state index contributed by atoms with van der Waals surface area (Å²) in [6.45, 7) is 4.35. The molecule has 0 radical (unpaired) electrons. The SMILES string of the molecule is CC(C)C(N)C(=O)NCCCCC(N)=O. The first-order valence-corrected chi connectivity index (χ1v) is 5.26. The Kier molecular flexibility index (Phi) is 6.70. The summed E-state index contributed by atoms with van der Waals surface area (Å²) in [4.78, 5) is 21.8. The summed E-state index contributed by atoms with van der Waals surface area (Å²) in [5.74, 6) is -0.306. The van der Waals surface area contributed by atoms with E-state index in [-0.39, 0.29) is 17.7 Å². The highest BCUT2D eigenvalue weighted by molar-refractivity contribution is 5.81. The van der Waals surface area contributed by atoms with E-state index in [1.807, 2.05) is 13.8 Å². The second kappa shape index (κ2) is 7.23. The molecule has 0 aliphatic carbocycles. The summed E-state index contributed by atoms with van der Waals surface area (Å²) in [5, 5.41) is 2.72. The molecule has 0 aromatic heterocycles. The molecule has 88 valence electrons. The van der Waals surface area contributed by atoms with E-state index in [0.29, 0.717) is 19.4 Å². The standard InChI is InChI=1S/C10H21N3O2/c1-7(2)9(12)10(15)13-6-4-3-5-8(11)14/h7,9H,3-6,12H2,1-2H3,(H2,11,14)(H,13,15). The Morgan fingerprint density at radius 2 is 1.87 bits per heavy atom. The molecule has 5 N–H and O–H groups in total. The molecule has 0 bridgehead atoms. The van der Waals surface area contributed by atoms with Crippen molar-refractivity contribution in [3.05, 3.63) is 0 Å². The van der Waals surface area contributed by atoms with E-state index >= 15 is 0 Å². The molecule has 0 saturated carbocycles. The molecular formula is C10H21N3O2. The predicted octanol–water partition coefficient (Wildman–Crippen LogP) is -0.258. The van der Waals surface area contributed by atoms with Crippen molar-refractivity contribution < 1.29 is 9.59 Å². The Labute approximate surface area is 90.6 Å². The van der Waals surface area contributed by atoms with Gasteiger partial charge in [0, 0.05) is 13.0 Å². The van der Waals surface area contributed by atoms with Crippen molar-refractivity contribution in [3.8, 4) is 0 Å². The van der Waals surface area contributed by atoms with Gasteiger partial charge in [0.25, 0.3) is 0 Å². The first-order valence-electron chi connectivity index (χ1n) is 5.26. The molecule has 0 fully saturated rings. The first-order chi connectivity index (χ1) is 6.95. The average molecular weight is 215 g/mol. The van der Waals surface area contributed by atoms with Crippen LogP contribution in [-0.2, 0) is 9.59 Å². The van der Waals surface area contributed by atoms with Crippen molar-refractivity contribution in [1.82, 2.24) is 5.32 Å². The number of carbonyl (C=O) groups excluding carboxylic acids is 2. The Morgan fingerprint density at radius 1 is 1.27 bits per heavy atom. The number of rotatable bonds is 7. The minimum atomic E-state index is -0.457. The van der Waals surface area contributed by atoms with Gasteiger partial charge in [-0.1, -0.05) is 13.8 Å². The third-order valence-corrected chi connectivity index (χ3v) is 2.17. The van der Waals surface area contributed by atoms with Gasteiger partial charge in [0.1, 0.15) is 0 Å². The summed E-state index contributed by atoms with van der Waals surface area (Å²) in [5.41, 5.74) is 10.6. The van der Waals surface area contributed by atoms with Crippen LogP contribution in [0.15, 0.2) is 0 Å². The highest BCUT2D eigenvalue weighted by atomic mass is 16.2. The van der Waals surface area contributed by atoms with Crippen LogP contribution in [0.2, 0.25) is 0 Å². The molecule has 2 amide bonds. The van der Waals surface area contributed by atoms with Crippen molar-refractivity contribution in [2.75, 3.05) is 6.54 Å². The maximum absolute atomic E-state index is 11.4. The van der Waals surface area contributed by atoms with Crippen LogP contribution in [0, 0.1) is 5.92 Å². The minimum absolute atomic E-state index is 0.135. The number of unbranched alkanes of at least 4 members (excludes halogenated alkanes) is 1. The quantitative estimate of drug-likeness (QED) is 0.510. The number of primary amides is 1. The summed E-state index contributed by atoms with van der Waals surface area (Å²) in [6.07, 6.45) is 1.82. The molecule has 0 aromatic rings. The Bertz CT molecular complexity index is 217. The van der Waals surface area contributed by atoms with E-state index in [9.17, 15) is 9.59 Å². The zero-order valence-corrected chi connectivity index (χ0v) is 9.45. The lowest BCUT2D eigenvalue weighted by molar-refractivity contribution is -0.123. The van der Waals surface area contributed by atoms with Crippen molar-refractivity contribution in [3.63, 3.8) is 0 Å². The lowest BCUT2D eigenvalue weighted by atomic mass is 10.1. The molecule has 1 atom stereocenters. The minimum Gasteiger partial charge on any atom is -0.370 e. The molecule has 5 nitrogen and oxygen atoms in total. The number of nitrogens with one attached hydrogen (secondary N) is 1. The lowest BCUT2D eigenvalue weighted by Crippen LogP contribution is -2.44. The second-order valence-corrected chi connectivity index (χ2v) is 3.98. The van der Waals surface area contributed by atoms with Crippen LogP contribution in [0.5, 0.6) is 0 Å². The van der Waals surface area contributed by atoms with Gasteiger partial charge in [-0.3, -0.25) is 9.59 Å². The van der Waals surface area contributed by atoms with Crippen LogP contribution in [0.25, 0.3) is 0 Å². The van der Waals surface area contributed by atoms with Gasteiger partial charge >= 0.3 is 0 Å². The molecule has 15 heavy (non-hydrogen) atoms. The molecule has 1 unspecified atom stereocenters. The van der Waals surface area contributed by atoms with Crippen LogP contribution in [0.1, 0.15) is 33.1 Å². The van der Waals surface area contributed by atoms with E-state index in [1.54, 1.807) is 0 Å². The van der Waals surface area contributed by atoms with E-state index in [4.69, 9.17) is 11.5 Å². The highest BCUT2D eigenvalue weighted by Gasteiger charge is 2.15. The highest BCUT2D eigenvalue weighted by Crippen LogP contribution is 1.98. The topological polar surface area (TPSA) is 98.2 Å². The van der Waals surface area contributed by atoms with Crippen LogP contribution in [0.3, 0.4) is 0 Å². The maximum Gasteiger partial charge on any atom is 0.237 e. The molecule has 0 aliphatic rings. The van der Waals surface area contributed by atoms with Crippen LogP contribution in [-0.4, -0.2) is 24.4 Å². The predicted molar refractivity (Wildman–Crippen MR) is 58.9 cm³/mol. The third-order valence-electron chi connectivity index (χ3n) is 2.17. The largest absolute Gasteiger partial charge is 0.370 e. The number of hydrogen-bond donors (Lipinski definition) is 3. The van der Waals surface area contributed by atoms with Crippen molar-refractivity contribution in [2.45, 2.75) is 39.2 Å². The Hall–Kier alpha value is -1.10. The Balaban J connectivity index is 3.51. The van der Waals surface area contributed by atoms with E-state index < -0.39 is 6.04 Å². The van der Waals surface area contributed by atoms with Crippen molar-refractivity contribution >= 4 is 11.8 Å². The van der Waals surface area contributed by atoms with E-state index in [1.165, 1.54) is 0 Å². The summed E-state index contributed by atoms with van der Waals surface area (Å²) in [6, 6.07) is -0.457. The number of carbonyl (C=O) groups is 2. The summed E-state index contributed by atoms with van der Waals surface area (Å²) >= 11 is 0. The van der Waals surface area contributed by atoms with Crippen LogP contribution >= 0.6 is 0 Å². The van der Waals surface area contributed by atoms with Gasteiger partial charge in [-0.15, -0.1) is 0 Å². The fourth-order valence-electron chi connectivity index (χ4n) is 1.06. The van der Waals surface area contributed by atoms with Crippen molar-refractivity contribution in [2.24, 2.45) is 17.4 Å². The number of nitrogens with two attached hydrogens (primary N) is 2. The fourth-order valence-corrected chi connectivity index (χ4v) is 1.06. The number of amides is 2. The van der Waals surface area contributed by atoms with Crippen molar-refractivity contribution in [1.29, 1.82) is 0 Å². The van der Waals surface area contributed by atoms with E-state index in [2.05, 4.69) is 5.32 Å².